The highest BCUT2D eigenvalue weighted by molar-refractivity contribution is 6.39. The van der Waals surface area contributed by atoms with E-state index in [0.717, 1.165) is 5.75 Å². The third-order valence-electron chi connectivity index (χ3n) is 2.32. The zero-order chi connectivity index (χ0) is 15.1. The van der Waals surface area contributed by atoms with Gasteiger partial charge in [-0.25, -0.2) is 0 Å². The minimum Gasteiger partial charge on any atom is -0.493 e. The van der Waals surface area contributed by atoms with Crippen molar-refractivity contribution in [2.75, 3.05) is 11.9 Å². The fourth-order valence-corrected chi connectivity index (χ4v) is 1.41. The van der Waals surface area contributed by atoms with Gasteiger partial charge in [0.2, 0.25) is 0 Å². The van der Waals surface area contributed by atoms with E-state index in [9.17, 15) is 9.59 Å². The molecule has 0 heterocycles. The van der Waals surface area contributed by atoms with E-state index in [4.69, 9.17) is 4.74 Å². The summed E-state index contributed by atoms with van der Waals surface area (Å²) in [4.78, 5) is 23.0. The second-order valence-electron chi connectivity index (χ2n) is 5.31. The molecule has 2 N–H and O–H groups in total. The van der Waals surface area contributed by atoms with E-state index < -0.39 is 11.8 Å². The molecule has 110 valence electrons. The molecule has 1 rings (SSSR count). The molecule has 0 saturated heterocycles. The maximum Gasteiger partial charge on any atom is 0.313 e. The van der Waals surface area contributed by atoms with Gasteiger partial charge in [0.05, 0.1) is 6.61 Å². The first-order valence-electron chi connectivity index (χ1n) is 6.73. The molecular weight excluding hydrogens is 256 g/mol. The zero-order valence-electron chi connectivity index (χ0n) is 12.4. The molecule has 5 heteroatoms. The van der Waals surface area contributed by atoms with Crippen LogP contribution in [0.3, 0.4) is 0 Å². The van der Waals surface area contributed by atoms with Crippen molar-refractivity contribution in [1.82, 2.24) is 5.32 Å². The van der Waals surface area contributed by atoms with Crippen LogP contribution in [-0.2, 0) is 9.59 Å². The van der Waals surface area contributed by atoms with Crippen molar-refractivity contribution in [2.45, 2.75) is 33.7 Å². The lowest BCUT2D eigenvalue weighted by Crippen LogP contribution is -2.39. The average molecular weight is 278 g/mol. The van der Waals surface area contributed by atoms with E-state index >= 15 is 0 Å². The van der Waals surface area contributed by atoms with Gasteiger partial charge in [-0.15, -0.1) is 0 Å². The first-order chi connectivity index (χ1) is 9.38. The van der Waals surface area contributed by atoms with Gasteiger partial charge < -0.3 is 15.4 Å². The Labute approximate surface area is 119 Å². The van der Waals surface area contributed by atoms with Crippen molar-refractivity contribution in [3.05, 3.63) is 24.3 Å². The highest BCUT2D eigenvalue weighted by Crippen LogP contribution is 2.16. The fraction of sp³-hybridized carbons (Fsp3) is 0.467. The second-order valence-corrected chi connectivity index (χ2v) is 5.31. The van der Waals surface area contributed by atoms with E-state index in [0.29, 0.717) is 18.2 Å². The van der Waals surface area contributed by atoms with Gasteiger partial charge in [-0.1, -0.05) is 13.8 Å². The first-order valence-corrected chi connectivity index (χ1v) is 6.73. The molecular formula is C15H22N2O3. The molecule has 0 saturated carbocycles. The average Bonchev–Trinajstić information content (AvgIpc) is 2.37. The number of hydrogen-bond donors (Lipinski definition) is 2. The molecule has 0 fully saturated rings. The molecule has 0 aliphatic rings. The molecule has 5 nitrogen and oxygen atoms in total. The molecule has 0 aliphatic heterocycles. The quantitative estimate of drug-likeness (QED) is 0.811. The predicted octanol–water partition coefficient (Wildman–Crippen LogP) is 2.18. The minimum atomic E-state index is -0.672. The maximum absolute atomic E-state index is 11.6. The number of nitrogens with one attached hydrogen (secondary N) is 2. The smallest absolute Gasteiger partial charge is 0.313 e. The number of carbonyl (C=O) groups excluding carboxylic acids is 2. The van der Waals surface area contributed by atoms with Crippen LogP contribution in [0.2, 0.25) is 0 Å². The molecule has 1 aromatic carbocycles. The Kier molecular flexibility index (Phi) is 6.03. The van der Waals surface area contributed by atoms with Crippen LogP contribution < -0.4 is 15.4 Å². The Morgan fingerprint density at radius 2 is 1.65 bits per heavy atom. The van der Waals surface area contributed by atoms with Crippen molar-refractivity contribution in [1.29, 1.82) is 0 Å². The molecule has 2 amide bonds. The Bertz CT molecular complexity index is 453. The maximum atomic E-state index is 11.6. The topological polar surface area (TPSA) is 67.4 Å². The lowest BCUT2D eigenvalue weighted by atomic mass is 10.2. The highest BCUT2D eigenvalue weighted by atomic mass is 16.5. The van der Waals surface area contributed by atoms with Gasteiger partial charge >= 0.3 is 11.8 Å². The predicted molar refractivity (Wildman–Crippen MR) is 78.7 cm³/mol. The van der Waals surface area contributed by atoms with Gasteiger partial charge in [0.15, 0.2) is 0 Å². The molecule has 0 aliphatic carbocycles. The van der Waals surface area contributed by atoms with Crippen molar-refractivity contribution in [3.63, 3.8) is 0 Å². The molecule has 0 radical (unpaired) electrons. The first kappa shape index (κ1) is 16.0. The van der Waals surface area contributed by atoms with Crippen LogP contribution in [0.1, 0.15) is 27.7 Å². The molecule has 0 bridgehead atoms. The van der Waals surface area contributed by atoms with E-state index in [2.05, 4.69) is 24.5 Å². The standard InChI is InChI=1S/C15H22N2O3/c1-10(2)9-20-13-7-5-12(6-8-13)17-15(19)14(18)16-11(3)4/h5-8,10-11H,9H2,1-4H3,(H,16,18)(H,17,19). The van der Waals surface area contributed by atoms with E-state index in [1.54, 1.807) is 38.1 Å². The normalized spacial score (nSPS) is 10.5. The number of ether oxygens (including phenoxy) is 1. The number of carbonyl (C=O) groups is 2. The van der Waals surface area contributed by atoms with Crippen molar-refractivity contribution >= 4 is 17.5 Å². The summed E-state index contributed by atoms with van der Waals surface area (Å²) in [5, 5.41) is 5.06. The summed E-state index contributed by atoms with van der Waals surface area (Å²) >= 11 is 0. The third-order valence-corrected chi connectivity index (χ3v) is 2.32. The number of amides is 2. The van der Waals surface area contributed by atoms with Gasteiger partial charge in [0, 0.05) is 11.7 Å². The number of rotatable bonds is 5. The van der Waals surface area contributed by atoms with E-state index in [-0.39, 0.29) is 6.04 Å². The molecule has 1 aromatic rings. The summed E-state index contributed by atoms with van der Waals surface area (Å²) in [6.07, 6.45) is 0. The summed E-state index contributed by atoms with van der Waals surface area (Å²) < 4.78 is 5.54. The number of hydrogen-bond acceptors (Lipinski definition) is 3. The minimum absolute atomic E-state index is 0.0694. The molecule has 0 spiro atoms. The van der Waals surface area contributed by atoms with Crippen molar-refractivity contribution in [3.8, 4) is 5.75 Å². The monoisotopic (exact) mass is 278 g/mol. The lowest BCUT2D eigenvalue weighted by Gasteiger charge is -2.10. The van der Waals surface area contributed by atoms with Crippen LogP contribution in [0.4, 0.5) is 5.69 Å². The highest BCUT2D eigenvalue weighted by Gasteiger charge is 2.14. The Balaban J connectivity index is 2.52. The summed E-state index contributed by atoms with van der Waals surface area (Å²) in [7, 11) is 0. The summed E-state index contributed by atoms with van der Waals surface area (Å²) in [6, 6.07) is 6.86. The van der Waals surface area contributed by atoms with Crippen LogP contribution in [0.15, 0.2) is 24.3 Å². The molecule has 0 unspecified atom stereocenters. The number of benzene rings is 1. The van der Waals surface area contributed by atoms with Gasteiger partial charge in [0.1, 0.15) is 5.75 Å². The van der Waals surface area contributed by atoms with E-state index in [1.165, 1.54) is 0 Å². The van der Waals surface area contributed by atoms with Gasteiger partial charge in [-0.3, -0.25) is 9.59 Å². The Morgan fingerprint density at radius 1 is 1.05 bits per heavy atom. The number of anilines is 1. The largest absolute Gasteiger partial charge is 0.493 e. The van der Waals surface area contributed by atoms with Gasteiger partial charge in [-0.2, -0.15) is 0 Å². The Hall–Kier alpha value is -2.04. The fourth-order valence-electron chi connectivity index (χ4n) is 1.41. The van der Waals surface area contributed by atoms with Gasteiger partial charge in [0.25, 0.3) is 0 Å². The molecule has 20 heavy (non-hydrogen) atoms. The summed E-state index contributed by atoms with van der Waals surface area (Å²) in [5.74, 6) is -0.118. The second kappa shape index (κ2) is 7.53. The zero-order valence-corrected chi connectivity index (χ0v) is 12.4. The van der Waals surface area contributed by atoms with Crippen LogP contribution in [0, 0.1) is 5.92 Å². The molecule has 0 aromatic heterocycles. The third kappa shape index (κ3) is 5.73. The Morgan fingerprint density at radius 3 is 2.15 bits per heavy atom. The van der Waals surface area contributed by atoms with Crippen LogP contribution >= 0.6 is 0 Å². The van der Waals surface area contributed by atoms with Crippen molar-refractivity contribution < 1.29 is 14.3 Å². The van der Waals surface area contributed by atoms with Gasteiger partial charge in [-0.05, 0) is 44.0 Å². The van der Waals surface area contributed by atoms with Crippen LogP contribution in [0.5, 0.6) is 5.75 Å². The summed E-state index contributed by atoms with van der Waals surface area (Å²) in [5.41, 5.74) is 0.561. The summed E-state index contributed by atoms with van der Waals surface area (Å²) in [6.45, 7) is 8.38. The van der Waals surface area contributed by atoms with Crippen molar-refractivity contribution in [2.24, 2.45) is 5.92 Å². The molecule has 0 atom stereocenters. The lowest BCUT2D eigenvalue weighted by molar-refractivity contribution is -0.136. The SMILES string of the molecule is CC(C)COc1ccc(NC(=O)C(=O)NC(C)C)cc1. The van der Waals surface area contributed by atoms with Crippen LogP contribution in [-0.4, -0.2) is 24.5 Å². The van der Waals surface area contributed by atoms with Crippen LogP contribution in [0.25, 0.3) is 0 Å². The van der Waals surface area contributed by atoms with E-state index in [1.807, 2.05) is 0 Å².